The van der Waals surface area contributed by atoms with Gasteiger partial charge in [-0.15, -0.1) is 0 Å². The number of nitrogens with one attached hydrogen (secondary N) is 1. The van der Waals surface area contributed by atoms with Gasteiger partial charge in [-0.3, -0.25) is 4.79 Å². The van der Waals surface area contributed by atoms with E-state index in [1.54, 1.807) is 24.3 Å². The molecular weight excluding hydrogens is 344 g/mol. The number of aliphatic hydroxyl groups excluding tert-OH is 4. The molecule has 0 amide bonds. The van der Waals surface area contributed by atoms with Crippen molar-refractivity contribution < 1.29 is 35.1 Å². The zero-order valence-corrected chi connectivity index (χ0v) is 13.8. The highest BCUT2D eigenvalue weighted by Gasteiger charge is 2.45. The van der Waals surface area contributed by atoms with Gasteiger partial charge in [0.1, 0.15) is 36.6 Å². The van der Waals surface area contributed by atoms with Crippen LogP contribution in [-0.2, 0) is 16.0 Å². The third kappa shape index (κ3) is 3.20. The van der Waals surface area contributed by atoms with E-state index in [1.165, 1.54) is 0 Å². The Labute approximate surface area is 148 Å². The number of carbonyl (C=O) groups is 1. The van der Waals surface area contributed by atoms with E-state index < -0.39 is 49.1 Å². The van der Waals surface area contributed by atoms with Crippen LogP contribution in [0.3, 0.4) is 0 Å². The van der Waals surface area contributed by atoms with Crippen LogP contribution in [0.5, 0.6) is 0 Å². The highest BCUT2D eigenvalue weighted by Crippen LogP contribution is 2.36. The van der Waals surface area contributed by atoms with Crippen molar-refractivity contribution in [2.45, 2.75) is 43.0 Å². The number of aliphatic hydroxyl groups is 4. The number of aromatic amines is 1. The molecule has 0 aliphatic carbocycles. The standard InChI is InChI=1S/C17H22N2O7/c18-9(17(24)25)5-8-7-3-1-2-4-10(7)19-12(8)16-15(23)14(22)13(21)11(6-20)26-16/h1-4,9,11,13-16,19-23H,5-6,18H2,(H,24,25)/t9?,11-,13-,14+,15+,16?/m1/s1. The quantitative estimate of drug-likeness (QED) is 0.340. The first-order valence-corrected chi connectivity index (χ1v) is 8.23. The molecule has 2 heterocycles. The van der Waals surface area contributed by atoms with Gasteiger partial charge in [-0.25, -0.2) is 0 Å². The Morgan fingerprint density at radius 3 is 2.54 bits per heavy atom. The molecular formula is C17H22N2O7. The van der Waals surface area contributed by atoms with Crippen LogP contribution >= 0.6 is 0 Å². The highest BCUT2D eigenvalue weighted by atomic mass is 16.5. The van der Waals surface area contributed by atoms with Crippen LogP contribution in [0.15, 0.2) is 24.3 Å². The first kappa shape index (κ1) is 18.8. The number of fused-ring (bicyclic) bond motifs is 1. The van der Waals surface area contributed by atoms with Crippen LogP contribution in [0.2, 0.25) is 0 Å². The summed E-state index contributed by atoms with van der Waals surface area (Å²) >= 11 is 0. The van der Waals surface area contributed by atoms with Gasteiger partial charge < -0.3 is 41.0 Å². The van der Waals surface area contributed by atoms with E-state index in [1.807, 2.05) is 0 Å². The minimum absolute atomic E-state index is 0.0241. The second-order valence-corrected chi connectivity index (χ2v) is 6.46. The van der Waals surface area contributed by atoms with E-state index in [9.17, 15) is 25.2 Å². The maximum absolute atomic E-state index is 11.2. The number of carboxylic acid groups (broad SMARTS) is 1. The zero-order chi connectivity index (χ0) is 19.0. The minimum Gasteiger partial charge on any atom is -0.480 e. The van der Waals surface area contributed by atoms with E-state index >= 15 is 0 Å². The Balaban J connectivity index is 2.07. The third-order valence-electron chi connectivity index (χ3n) is 4.76. The number of aliphatic carboxylic acids is 1. The number of para-hydroxylation sites is 1. The maximum Gasteiger partial charge on any atom is 0.320 e. The van der Waals surface area contributed by atoms with Gasteiger partial charge >= 0.3 is 5.97 Å². The number of aromatic nitrogens is 1. The van der Waals surface area contributed by atoms with Crippen molar-refractivity contribution in [2.24, 2.45) is 5.73 Å². The lowest BCUT2D eigenvalue weighted by Gasteiger charge is -2.40. The Morgan fingerprint density at radius 1 is 1.19 bits per heavy atom. The lowest BCUT2D eigenvalue weighted by molar-refractivity contribution is -0.232. The molecule has 2 unspecified atom stereocenters. The van der Waals surface area contributed by atoms with Crippen LogP contribution in [0.25, 0.3) is 10.9 Å². The van der Waals surface area contributed by atoms with Gasteiger partial charge in [-0.05, 0) is 11.6 Å². The number of hydrogen-bond acceptors (Lipinski definition) is 7. The van der Waals surface area contributed by atoms with Crippen LogP contribution < -0.4 is 5.73 Å². The molecule has 2 aromatic rings. The van der Waals surface area contributed by atoms with Gasteiger partial charge in [-0.2, -0.15) is 0 Å². The Bertz CT molecular complexity index is 791. The van der Waals surface area contributed by atoms with Crippen LogP contribution in [-0.4, -0.2) is 73.6 Å². The van der Waals surface area contributed by atoms with Crippen molar-refractivity contribution in [3.63, 3.8) is 0 Å². The number of ether oxygens (including phenoxy) is 1. The molecule has 0 radical (unpaired) electrons. The van der Waals surface area contributed by atoms with Crippen molar-refractivity contribution in [2.75, 3.05) is 6.61 Å². The molecule has 1 fully saturated rings. The molecule has 1 aromatic carbocycles. The Kier molecular flexibility index (Phi) is 5.28. The molecule has 0 spiro atoms. The molecule has 142 valence electrons. The zero-order valence-electron chi connectivity index (χ0n) is 13.8. The van der Waals surface area contributed by atoms with Crippen LogP contribution in [0, 0.1) is 0 Å². The fourth-order valence-electron chi connectivity index (χ4n) is 3.33. The molecule has 6 atom stereocenters. The molecule has 1 saturated heterocycles. The van der Waals surface area contributed by atoms with E-state index in [0.29, 0.717) is 16.8 Å². The van der Waals surface area contributed by atoms with E-state index in [2.05, 4.69) is 4.98 Å². The Hall–Kier alpha value is -2.01. The number of benzene rings is 1. The van der Waals surface area contributed by atoms with Crippen LogP contribution in [0.4, 0.5) is 0 Å². The fraction of sp³-hybridized carbons (Fsp3) is 0.471. The number of nitrogens with two attached hydrogens (primary N) is 1. The summed E-state index contributed by atoms with van der Waals surface area (Å²) in [6, 6.07) is 5.96. The van der Waals surface area contributed by atoms with Gasteiger partial charge in [0.2, 0.25) is 0 Å². The summed E-state index contributed by atoms with van der Waals surface area (Å²) in [6.07, 6.45) is -6.65. The van der Waals surface area contributed by atoms with Gasteiger partial charge in [0.15, 0.2) is 0 Å². The lowest BCUT2D eigenvalue weighted by atomic mass is 9.90. The summed E-state index contributed by atoms with van der Waals surface area (Å²) in [5, 5.41) is 49.6. The van der Waals surface area contributed by atoms with E-state index in [4.69, 9.17) is 15.6 Å². The summed E-state index contributed by atoms with van der Waals surface area (Å²) in [5.74, 6) is -1.17. The predicted molar refractivity (Wildman–Crippen MR) is 90.3 cm³/mol. The predicted octanol–water partition coefficient (Wildman–Crippen LogP) is -1.36. The molecule has 1 aromatic heterocycles. The van der Waals surface area contributed by atoms with Gasteiger partial charge in [0.05, 0.1) is 12.3 Å². The lowest BCUT2D eigenvalue weighted by Crippen LogP contribution is -2.55. The molecule has 9 nitrogen and oxygen atoms in total. The molecule has 1 aliphatic heterocycles. The molecule has 3 rings (SSSR count). The van der Waals surface area contributed by atoms with Crippen molar-refractivity contribution in [1.82, 2.24) is 4.98 Å². The largest absolute Gasteiger partial charge is 0.480 e. The number of H-pyrrole nitrogens is 1. The van der Waals surface area contributed by atoms with Crippen molar-refractivity contribution in [3.05, 3.63) is 35.5 Å². The number of hydrogen-bond donors (Lipinski definition) is 7. The average molecular weight is 366 g/mol. The monoisotopic (exact) mass is 366 g/mol. The maximum atomic E-state index is 11.2. The highest BCUT2D eigenvalue weighted by molar-refractivity contribution is 5.86. The molecule has 0 bridgehead atoms. The van der Waals surface area contributed by atoms with E-state index in [-0.39, 0.29) is 6.42 Å². The topological polar surface area (TPSA) is 169 Å². The van der Waals surface area contributed by atoms with Gasteiger partial charge in [-0.1, -0.05) is 18.2 Å². The van der Waals surface area contributed by atoms with Crippen molar-refractivity contribution >= 4 is 16.9 Å². The average Bonchev–Trinajstić information content (AvgIpc) is 2.98. The summed E-state index contributed by atoms with van der Waals surface area (Å²) in [4.78, 5) is 14.3. The summed E-state index contributed by atoms with van der Waals surface area (Å²) in [5.41, 5.74) is 7.28. The molecule has 1 aliphatic rings. The normalized spacial score (nSPS) is 30.4. The Morgan fingerprint density at radius 2 is 1.88 bits per heavy atom. The molecule has 0 saturated carbocycles. The van der Waals surface area contributed by atoms with Gasteiger partial charge in [0, 0.05) is 17.3 Å². The van der Waals surface area contributed by atoms with E-state index in [0.717, 1.165) is 5.39 Å². The summed E-state index contributed by atoms with van der Waals surface area (Å²) < 4.78 is 5.60. The first-order valence-electron chi connectivity index (χ1n) is 8.23. The minimum atomic E-state index is -1.53. The molecule has 8 N–H and O–H groups in total. The number of rotatable bonds is 5. The second-order valence-electron chi connectivity index (χ2n) is 6.46. The number of carboxylic acids is 1. The third-order valence-corrected chi connectivity index (χ3v) is 4.76. The fourth-order valence-corrected chi connectivity index (χ4v) is 3.33. The summed E-state index contributed by atoms with van der Waals surface area (Å²) in [6.45, 7) is -0.550. The smallest absolute Gasteiger partial charge is 0.320 e. The molecule has 26 heavy (non-hydrogen) atoms. The second kappa shape index (κ2) is 7.31. The van der Waals surface area contributed by atoms with Crippen LogP contribution in [0.1, 0.15) is 17.4 Å². The SMILES string of the molecule is NC(Cc1c(C2O[C@H](CO)[C@@H](O)[C@H](O)[C@@H]2O)[nH]c2ccccc12)C(=O)O. The summed E-state index contributed by atoms with van der Waals surface area (Å²) in [7, 11) is 0. The van der Waals surface area contributed by atoms with Gasteiger partial charge in [0.25, 0.3) is 0 Å². The molecule has 9 heteroatoms. The first-order chi connectivity index (χ1) is 12.3. The van der Waals surface area contributed by atoms with Crippen molar-refractivity contribution in [3.8, 4) is 0 Å². The van der Waals surface area contributed by atoms with Crippen molar-refractivity contribution in [1.29, 1.82) is 0 Å².